The first-order chi connectivity index (χ1) is 10.7. The molecule has 0 aliphatic rings. The summed E-state index contributed by atoms with van der Waals surface area (Å²) in [6, 6.07) is 9.64. The number of anilines is 1. The fraction of sp³-hybridized carbons (Fsp3) is 0.133. The van der Waals surface area contributed by atoms with E-state index < -0.39 is 19.4 Å². The van der Waals surface area contributed by atoms with Crippen LogP contribution in [0.1, 0.15) is 28.8 Å². The molecule has 0 aromatic heterocycles. The van der Waals surface area contributed by atoms with Crippen LogP contribution in [0.4, 0.5) is 5.69 Å². The Bertz CT molecular complexity index is 768. The monoisotopic (exact) mass is 337 g/mol. The number of Topliss-reactive ketones (excluding diaryl/α,β-unsaturated/α-hetero) is 1. The largest absolute Gasteiger partial charge is 0.508 e. The zero-order chi connectivity index (χ0) is 17.2. The summed E-state index contributed by atoms with van der Waals surface area (Å²) >= 11 is 0. The number of phenolic OH excluding ortho intramolecular Hbond substituents is 2. The van der Waals surface area contributed by atoms with Crippen molar-refractivity contribution in [2.75, 3.05) is 5.09 Å². The number of hydrogen-bond donors (Lipinski definition) is 5. The molecule has 2 aromatic carbocycles. The third-order valence-electron chi connectivity index (χ3n) is 3.32. The lowest BCUT2D eigenvalue weighted by Gasteiger charge is -2.16. The number of aromatic hydroxyl groups is 2. The van der Waals surface area contributed by atoms with E-state index in [1.165, 1.54) is 24.3 Å². The third kappa shape index (κ3) is 4.32. The first kappa shape index (κ1) is 17.0. The normalized spacial score (nSPS) is 12.7. The standard InChI is InChI=1S/C15H16NO6P/c1-9(10-2-4-11(17)5-3-10)15(19)13-8-12(18)6-7-14(13)16-23(20,21)22/h2-9,17-18H,1H3,(H3,16,20,21,22). The second-order valence-electron chi connectivity index (χ2n) is 5.06. The summed E-state index contributed by atoms with van der Waals surface area (Å²) in [4.78, 5) is 30.7. The molecule has 23 heavy (non-hydrogen) atoms. The van der Waals surface area contributed by atoms with Crippen LogP contribution < -0.4 is 5.09 Å². The molecule has 7 nitrogen and oxygen atoms in total. The summed E-state index contributed by atoms with van der Waals surface area (Å²) in [6.07, 6.45) is 0. The number of carbonyl (C=O) groups is 1. The first-order valence-electron chi connectivity index (χ1n) is 6.67. The van der Waals surface area contributed by atoms with Crippen LogP contribution in [-0.2, 0) is 4.57 Å². The van der Waals surface area contributed by atoms with Crippen LogP contribution in [-0.4, -0.2) is 25.8 Å². The molecule has 2 aromatic rings. The lowest BCUT2D eigenvalue weighted by molar-refractivity contribution is 0.0966. The van der Waals surface area contributed by atoms with Gasteiger partial charge in [0.15, 0.2) is 5.78 Å². The Labute approximate surface area is 132 Å². The summed E-state index contributed by atoms with van der Waals surface area (Å²) in [5, 5.41) is 20.8. The molecular formula is C15H16NO6P. The number of carbonyl (C=O) groups excluding carboxylic acids is 1. The van der Waals surface area contributed by atoms with E-state index in [2.05, 4.69) is 0 Å². The second kappa shape index (κ2) is 6.42. The average Bonchev–Trinajstić information content (AvgIpc) is 2.47. The topological polar surface area (TPSA) is 127 Å². The quantitative estimate of drug-likeness (QED) is 0.322. The van der Waals surface area contributed by atoms with Gasteiger partial charge in [0.1, 0.15) is 11.5 Å². The molecule has 122 valence electrons. The predicted molar refractivity (Wildman–Crippen MR) is 84.6 cm³/mol. The molecule has 0 heterocycles. The van der Waals surface area contributed by atoms with Crippen LogP contribution in [0.5, 0.6) is 11.5 Å². The van der Waals surface area contributed by atoms with Gasteiger partial charge in [0.2, 0.25) is 0 Å². The third-order valence-corrected chi connectivity index (χ3v) is 3.85. The molecule has 0 spiro atoms. The van der Waals surface area contributed by atoms with E-state index in [9.17, 15) is 19.6 Å². The molecule has 1 atom stereocenters. The fourth-order valence-electron chi connectivity index (χ4n) is 2.14. The van der Waals surface area contributed by atoms with Gasteiger partial charge < -0.3 is 20.0 Å². The fourth-order valence-corrected chi connectivity index (χ4v) is 2.65. The van der Waals surface area contributed by atoms with Gasteiger partial charge in [-0.25, -0.2) is 4.57 Å². The van der Waals surface area contributed by atoms with Crippen molar-refractivity contribution in [1.82, 2.24) is 0 Å². The van der Waals surface area contributed by atoms with E-state index >= 15 is 0 Å². The van der Waals surface area contributed by atoms with Crippen LogP contribution in [0.25, 0.3) is 0 Å². The van der Waals surface area contributed by atoms with E-state index in [1.54, 1.807) is 19.1 Å². The zero-order valence-corrected chi connectivity index (χ0v) is 13.1. The van der Waals surface area contributed by atoms with Crippen LogP contribution in [0.15, 0.2) is 42.5 Å². The number of ketones is 1. The minimum absolute atomic E-state index is 0.0334. The maximum atomic E-state index is 12.6. The molecule has 0 saturated carbocycles. The molecular weight excluding hydrogens is 321 g/mol. The molecule has 8 heteroatoms. The molecule has 1 unspecified atom stereocenters. The van der Waals surface area contributed by atoms with Crippen LogP contribution in [0.2, 0.25) is 0 Å². The van der Waals surface area contributed by atoms with Crippen molar-refractivity contribution in [3.05, 3.63) is 53.6 Å². The van der Waals surface area contributed by atoms with Crippen molar-refractivity contribution in [3.8, 4) is 11.5 Å². The van der Waals surface area contributed by atoms with Gasteiger partial charge in [-0.1, -0.05) is 19.1 Å². The van der Waals surface area contributed by atoms with Gasteiger partial charge in [0.25, 0.3) is 0 Å². The van der Waals surface area contributed by atoms with Crippen LogP contribution in [0, 0.1) is 0 Å². The summed E-state index contributed by atoms with van der Waals surface area (Å²) in [6.45, 7) is 1.63. The molecule has 0 saturated heterocycles. The van der Waals surface area contributed by atoms with E-state index in [4.69, 9.17) is 9.79 Å². The Morgan fingerprint density at radius 3 is 2.17 bits per heavy atom. The highest BCUT2D eigenvalue weighted by atomic mass is 31.2. The van der Waals surface area contributed by atoms with E-state index in [0.717, 1.165) is 6.07 Å². The Balaban J connectivity index is 2.39. The maximum absolute atomic E-state index is 12.6. The average molecular weight is 337 g/mol. The molecule has 0 bridgehead atoms. The number of nitrogens with one attached hydrogen (secondary N) is 1. The van der Waals surface area contributed by atoms with Gasteiger partial charge in [-0.15, -0.1) is 0 Å². The number of benzene rings is 2. The lowest BCUT2D eigenvalue weighted by atomic mass is 9.91. The van der Waals surface area contributed by atoms with Gasteiger partial charge in [-0.05, 0) is 35.9 Å². The number of rotatable bonds is 5. The molecule has 5 N–H and O–H groups in total. The highest BCUT2D eigenvalue weighted by Gasteiger charge is 2.23. The van der Waals surface area contributed by atoms with Crippen LogP contribution in [0.3, 0.4) is 0 Å². The minimum Gasteiger partial charge on any atom is -0.508 e. The molecule has 0 aliphatic heterocycles. The Kier molecular flexibility index (Phi) is 4.75. The molecule has 0 amide bonds. The van der Waals surface area contributed by atoms with Gasteiger partial charge in [0, 0.05) is 11.5 Å². The van der Waals surface area contributed by atoms with Gasteiger partial charge in [-0.2, -0.15) is 0 Å². The predicted octanol–water partition coefficient (Wildman–Crippen LogP) is 2.59. The molecule has 2 rings (SSSR count). The van der Waals surface area contributed by atoms with Crippen molar-refractivity contribution in [2.45, 2.75) is 12.8 Å². The van der Waals surface area contributed by atoms with Gasteiger partial charge >= 0.3 is 7.75 Å². The Morgan fingerprint density at radius 2 is 1.61 bits per heavy atom. The second-order valence-corrected chi connectivity index (χ2v) is 6.37. The zero-order valence-electron chi connectivity index (χ0n) is 12.2. The van der Waals surface area contributed by atoms with Gasteiger partial charge in [-0.3, -0.25) is 9.88 Å². The molecule has 0 radical (unpaired) electrons. The van der Waals surface area contributed by atoms with E-state index in [1.807, 2.05) is 5.09 Å². The van der Waals surface area contributed by atoms with E-state index in [-0.39, 0.29) is 22.7 Å². The minimum atomic E-state index is -4.60. The van der Waals surface area contributed by atoms with Crippen molar-refractivity contribution >= 4 is 19.2 Å². The molecule has 0 aliphatic carbocycles. The SMILES string of the molecule is CC(C(=O)c1cc(O)ccc1NP(=O)(O)O)c1ccc(O)cc1. The summed E-state index contributed by atoms with van der Waals surface area (Å²) < 4.78 is 11.1. The smallest absolute Gasteiger partial charge is 0.427 e. The first-order valence-corrected chi connectivity index (χ1v) is 8.28. The van der Waals surface area contributed by atoms with E-state index in [0.29, 0.717) is 5.56 Å². The Hall–Kier alpha value is -2.34. The summed E-state index contributed by atoms with van der Waals surface area (Å²) in [7, 11) is -4.60. The van der Waals surface area contributed by atoms with Crippen molar-refractivity contribution in [3.63, 3.8) is 0 Å². The number of hydrogen-bond acceptors (Lipinski definition) is 4. The van der Waals surface area contributed by atoms with Gasteiger partial charge in [0.05, 0.1) is 5.69 Å². The van der Waals surface area contributed by atoms with Crippen LogP contribution >= 0.6 is 7.75 Å². The number of phenols is 2. The maximum Gasteiger partial charge on any atom is 0.427 e. The lowest BCUT2D eigenvalue weighted by Crippen LogP contribution is -2.12. The highest BCUT2D eigenvalue weighted by molar-refractivity contribution is 7.53. The molecule has 0 fully saturated rings. The van der Waals surface area contributed by atoms with Crippen molar-refractivity contribution in [2.24, 2.45) is 0 Å². The Morgan fingerprint density at radius 1 is 1.04 bits per heavy atom. The van der Waals surface area contributed by atoms with Crippen molar-refractivity contribution in [1.29, 1.82) is 0 Å². The summed E-state index contributed by atoms with van der Waals surface area (Å²) in [5.41, 5.74) is 0.527. The van der Waals surface area contributed by atoms with Crippen molar-refractivity contribution < 1.29 is 29.4 Å². The highest BCUT2D eigenvalue weighted by Crippen LogP contribution is 2.38. The summed E-state index contributed by atoms with van der Waals surface area (Å²) in [5.74, 6) is -1.19.